The molecule has 3 atom stereocenters. The lowest BCUT2D eigenvalue weighted by atomic mass is 9.68. The Kier molecular flexibility index (Phi) is 4.74. The third kappa shape index (κ3) is 3.04. The molecule has 0 unspecified atom stereocenters. The van der Waals surface area contributed by atoms with Crippen LogP contribution in [0.25, 0.3) is 6.08 Å². The van der Waals surface area contributed by atoms with Gasteiger partial charge in [0.2, 0.25) is 0 Å². The molecule has 2 heterocycles. The third-order valence-electron chi connectivity index (χ3n) is 6.40. The Bertz CT molecular complexity index is 1150. The van der Waals surface area contributed by atoms with Crippen LogP contribution < -0.4 is 4.90 Å². The minimum atomic E-state index is -1.50. The normalized spacial score (nSPS) is 23.5. The number of hydrogen-bond acceptors (Lipinski definition) is 4. The van der Waals surface area contributed by atoms with E-state index in [1.54, 1.807) is 12.1 Å². The molecular formula is C26H24FN3O. The van der Waals surface area contributed by atoms with E-state index < -0.39 is 34.6 Å². The van der Waals surface area contributed by atoms with Gasteiger partial charge in [-0.25, -0.2) is 4.39 Å². The van der Waals surface area contributed by atoms with Crippen molar-refractivity contribution in [2.75, 3.05) is 4.90 Å². The monoisotopic (exact) mass is 413 g/mol. The second kappa shape index (κ2) is 7.06. The van der Waals surface area contributed by atoms with Gasteiger partial charge in [-0.2, -0.15) is 10.5 Å². The van der Waals surface area contributed by atoms with E-state index >= 15 is 0 Å². The number of rotatable bonds is 2. The minimum Gasteiger partial charge on any atom is -0.351 e. The zero-order valence-corrected chi connectivity index (χ0v) is 18.1. The average molecular weight is 413 g/mol. The Balaban J connectivity index is 2.03. The van der Waals surface area contributed by atoms with Crippen LogP contribution in [-0.4, -0.2) is 17.9 Å². The third-order valence-corrected chi connectivity index (χ3v) is 6.40. The molecule has 4 rings (SSSR count). The van der Waals surface area contributed by atoms with Gasteiger partial charge in [-0.15, -0.1) is 0 Å². The van der Waals surface area contributed by atoms with E-state index in [9.17, 15) is 19.7 Å². The lowest BCUT2D eigenvalue weighted by Crippen LogP contribution is -2.47. The summed E-state index contributed by atoms with van der Waals surface area (Å²) in [5, 5.41) is 20.6. The summed E-state index contributed by atoms with van der Waals surface area (Å²) in [5.74, 6) is -1.18. The maximum Gasteiger partial charge on any atom is 0.176 e. The molecule has 0 N–H and O–H groups in total. The van der Waals surface area contributed by atoms with E-state index in [1.165, 1.54) is 12.1 Å². The Morgan fingerprint density at radius 3 is 2.32 bits per heavy atom. The largest absolute Gasteiger partial charge is 0.351 e. The van der Waals surface area contributed by atoms with Gasteiger partial charge in [0.15, 0.2) is 11.2 Å². The second-order valence-corrected chi connectivity index (χ2v) is 9.45. The molecule has 0 aliphatic carbocycles. The summed E-state index contributed by atoms with van der Waals surface area (Å²) < 4.78 is 13.7. The molecule has 1 saturated heterocycles. The number of halogens is 1. The maximum absolute atomic E-state index is 13.8. The van der Waals surface area contributed by atoms with Gasteiger partial charge in [-0.05, 0) is 42.3 Å². The van der Waals surface area contributed by atoms with E-state index in [2.05, 4.69) is 12.1 Å². The lowest BCUT2D eigenvalue weighted by Gasteiger charge is -2.37. The number of benzene rings is 2. The molecule has 1 fully saturated rings. The number of hydrogen-bond donors (Lipinski definition) is 0. The highest BCUT2D eigenvalue weighted by Gasteiger charge is 2.64. The molecule has 2 aliphatic heterocycles. The fraction of sp³-hybridized carbons (Fsp3) is 0.346. The maximum atomic E-state index is 13.8. The number of aryl methyl sites for hydroxylation is 1. The SMILES string of the molecule is Cc1ccc2c(c1)C=C[C@H]1N2[C@@H](C(=O)C(C)(C)C)[C@H](c2ccc(F)cc2)C1(C#N)C#N. The first-order valence-electron chi connectivity index (χ1n) is 10.3. The second-order valence-electron chi connectivity index (χ2n) is 9.45. The van der Waals surface area contributed by atoms with Gasteiger partial charge in [0.1, 0.15) is 5.82 Å². The topological polar surface area (TPSA) is 67.9 Å². The Labute approximate surface area is 182 Å². The standard InChI is InChI=1S/C26H24FN3O/c1-16-5-11-20-18(13-16)8-12-21-26(14-28,15-29)22(17-6-9-19(27)10-7-17)23(30(20)21)24(31)25(2,3)4/h5-13,21-23H,1-4H3/t21-,22+,23-/m1/s1. The van der Waals surface area contributed by atoms with Crippen LogP contribution in [0.4, 0.5) is 10.1 Å². The molecule has 2 aromatic carbocycles. The predicted octanol–water partition coefficient (Wildman–Crippen LogP) is 5.15. The summed E-state index contributed by atoms with van der Waals surface area (Å²) >= 11 is 0. The number of ketones is 1. The van der Waals surface area contributed by atoms with Crippen LogP contribution in [0.1, 0.15) is 43.4 Å². The molecule has 0 amide bonds. The van der Waals surface area contributed by atoms with Crippen LogP contribution in [-0.2, 0) is 4.79 Å². The van der Waals surface area contributed by atoms with Crippen LogP contribution in [0.15, 0.2) is 48.5 Å². The van der Waals surface area contributed by atoms with Crippen molar-refractivity contribution in [3.05, 3.63) is 71.0 Å². The van der Waals surface area contributed by atoms with Crippen LogP contribution in [0.3, 0.4) is 0 Å². The van der Waals surface area contributed by atoms with Gasteiger partial charge < -0.3 is 4.90 Å². The molecule has 0 spiro atoms. The highest BCUT2D eigenvalue weighted by Crippen LogP contribution is 2.56. The highest BCUT2D eigenvalue weighted by atomic mass is 19.1. The van der Waals surface area contributed by atoms with Crippen molar-refractivity contribution in [1.82, 2.24) is 0 Å². The summed E-state index contributed by atoms with van der Waals surface area (Å²) in [5.41, 5.74) is 1.29. The highest BCUT2D eigenvalue weighted by molar-refractivity contribution is 5.96. The van der Waals surface area contributed by atoms with E-state index in [0.717, 1.165) is 16.8 Å². The van der Waals surface area contributed by atoms with Crippen LogP contribution in [0.5, 0.6) is 0 Å². The van der Waals surface area contributed by atoms with Crippen molar-refractivity contribution in [3.63, 3.8) is 0 Å². The average Bonchev–Trinajstić information content (AvgIpc) is 3.03. The first kappa shape index (κ1) is 20.8. The van der Waals surface area contributed by atoms with Crippen molar-refractivity contribution >= 4 is 17.5 Å². The van der Waals surface area contributed by atoms with Gasteiger partial charge in [0.25, 0.3) is 0 Å². The van der Waals surface area contributed by atoms with Crippen LogP contribution >= 0.6 is 0 Å². The Morgan fingerprint density at radius 1 is 1.10 bits per heavy atom. The van der Waals surface area contributed by atoms with Gasteiger partial charge in [0, 0.05) is 17.0 Å². The summed E-state index contributed by atoms with van der Waals surface area (Å²) in [6.45, 7) is 7.54. The quantitative estimate of drug-likeness (QED) is 0.683. The van der Waals surface area contributed by atoms with Crippen LogP contribution in [0.2, 0.25) is 0 Å². The zero-order valence-electron chi connectivity index (χ0n) is 18.1. The van der Waals surface area contributed by atoms with Crippen molar-refractivity contribution < 1.29 is 9.18 Å². The van der Waals surface area contributed by atoms with E-state index in [4.69, 9.17) is 0 Å². The Hall–Kier alpha value is -3.44. The molecule has 31 heavy (non-hydrogen) atoms. The van der Waals surface area contributed by atoms with Crippen molar-refractivity contribution in [3.8, 4) is 12.1 Å². The van der Waals surface area contributed by atoms with Gasteiger partial charge in [-0.3, -0.25) is 4.79 Å². The summed E-state index contributed by atoms with van der Waals surface area (Å²) in [6, 6.07) is 15.0. The van der Waals surface area contributed by atoms with Gasteiger partial charge in [0.05, 0.1) is 24.2 Å². The van der Waals surface area contributed by atoms with Crippen molar-refractivity contribution in [2.45, 2.75) is 45.7 Å². The van der Waals surface area contributed by atoms with Gasteiger partial charge >= 0.3 is 0 Å². The summed E-state index contributed by atoms with van der Waals surface area (Å²) in [7, 11) is 0. The summed E-state index contributed by atoms with van der Waals surface area (Å²) in [6.07, 6.45) is 3.79. The lowest BCUT2D eigenvalue weighted by molar-refractivity contribution is -0.127. The fourth-order valence-electron chi connectivity index (χ4n) is 4.90. The molecule has 2 aliphatic rings. The molecule has 5 heteroatoms. The van der Waals surface area contributed by atoms with E-state index in [-0.39, 0.29) is 5.78 Å². The first-order valence-corrected chi connectivity index (χ1v) is 10.3. The smallest absolute Gasteiger partial charge is 0.176 e. The molecule has 0 radical (unpaired) electrons. The van der Waals surface area contributed by atoms with Crippen molar-refractivity contribution in [2.24, 2.45) is 10.8 Å². The molecule has 0 aromatic heterocycles. The molecule has 2 aromatic rings. The minimum absolute atomic E-state index is 0.0546. The molecular weight excluding hydrogens is 389 g/mol. The predicted molar refractivity (Wildman–Crippen MR) is 118 cm³/mol. The number of carbonyl (C=O) groups excluding carboxylic acids is 1. The molecule has 0 saturated carbocycles. The zero-order chi connectivity index (χ0) is 22.6. The van der Waals surface area contributed by atoms with Gasteiger partial charge in [-0.1, -0.05) is 56.7 Å². The van der Waals surface area contributed by atoms with Crippen LogP contribution in [0, 0.1) is 46.2 Å². The first-order chi connectivity index (χ1) is 14.6. The number of carbonyl (C=O) groups is 1. The van der Waals surface area contributed by atoms with E-state index in [0.29, 0.717) is 5.56 Å². The molecule has 4 nitrogen and oxygen atoms in total. The number of Topliss-reactive ketones (excluding diaryl/α,β-unsaturated/α-hetero) is 1. The molecule has 156 valence electrons. The number of anilines is 1. The number of fused-ring (bicyclic) bond motifs is 3. The number of nitrogens with zero attached hydrogens (tertiary/aromatic N) is 3. The number of nitriles is 2. The fourth-order valence-corrected chi connectivity index (χ4v) is 4.90. The molecule has 0 bridgehead atoms. The summed E-state index contributed by atoms with van der Waals surface area (Å²) in [4.78, 5) is 15.8. The van der Waals surface area contributed by atoms with E-state index in [1.807, 2.05) is 62.9 Å². The van der Waals surface area contributed by atoms with Crippen molar-refractivity contribution in [1.29, 1.82) is 10.5 Å². The Morgan fingerprint density at radius 2 is 1.74 bits per heavy atom.